The number of nitrogens with zero attached hydrogens (tertiary/aromatic N) is 4. The lowest BCUT2D eigenvalue weighted by atomic mass is 10.2. The van der Waals surface area contributed by atoms with Gasteiger partial charge in [0.2, 0.25) is 5.95 Å². The van der Waals surface area contributed by atoms with E-state index in [1.165, 1.54) is 0 Å². The van der Waals surface area contributed by atoms with Gasteiger partial charge in [0.25, 0.3) is 0 Å². The smallest absolute Gasteiger partial charge is 0.229 e. The SMILES string of the molecule is COCCN(CCOC)c1cc(NCc2ccc(Cl)cc2Cl)nc(N2CCNCC2)n1. The summed E-state index contributed by atoms with van der Waals surface area (Å²) in [6, 6.07) is 7.45. The molecule has 1 aromatic carbocycles. The van der Waals surface area contributed by atoms with Gasteiger partial charge in [0.05, 0.1) is 13.2 Å². The predicted octanol–water partition coefficient (Wildman–Crippen LogP) is 2.90. The number of benzene rings is 1. The zero-order valence-electron chi connectivity index (χ0n) is 18.0. The van der Waals surface area contributed by atoms with Gasteiger partial charge in [0.1, 0.15) is 11.6 Å². The van der Waals surface area contributed by atoms with Crippen molar-refractivity contribution >= 4 is 40.8 Å². The molecule has 0 radical (unpaired) electrons. The fourth-order valence-corrected chi connectivity index (χ4v) is 3.75. The molecule has 1 aromatic heterocycles. The van der Waals surface area contributed by atoms with Gasteiger partial charge in [0.15, 0.2) is 0 Å². The lowest BCUT2D eigenvalue weighted by molar-refractivity contribution is 0.190. The third-order valence-corrected chi connectivity index (χ3v) is 5.62. The molecule has 0 spiro atoms. The summed E-state index contributed by atoms with van der Waals surface area (Å²) >= 11 is 12.4. The van der Waals surface area contributed by atoms with Crippen molar-refractivity contribution in [3.8, 4) is 0 Å². The number of nitrogens with one attached hydrogen (secondary N) is 2. The van der Waals surface area contributed by atoms with E-state index in [0.29, 0.717) is 48.8 Å². The van der Waals surface area contributed by atoms with Gasteiger partial charge >= 0.3 is 0 Å². The van der Waals surface area contributed by atoms with Crippen LogP contribution in [-0.4, -0.2) is 76.7 Å². The summed E-state index contributed by atoms with van der Waals surface area (Å²) in [7, 11) is 3.40. The molecule has 0 amide bonds. The Balaban J connectivity index is 1.85. The molecule has 1 aliphatic rings. The highest BCUT2D eigenvalue weighted by atomic mass is 35.5. The van der Waals surface area contributed by atoms with Gasteiger partial charge in [0, 0.05) is 76.1 Å². The van der Waals surface area contributed by atoms with Gasteiger partial charge in [-0.2, -0.15) is 9.97 Å². The largest absolute Gasteiger partial charge is 0.383 e. The maximum Gasteiger partial charge on any atom is 0.229 e. The molecule has 2 aromatic rings. The highest BCUT2D eigenvalue weighted by Gasteiger charge is 2.18. The minimum atomic E-state index is 0.531. The van der Waals surface area contributed by atoms with Gasteiger partial charge in [-0.1, -0.05) is 29.3 Å². The lowest BCUT2D eigenvalue weighted by Gasteiger charge is -2.30. The van der Waals surface area contributed by atoms with Gasteiger partial charge in [-0.05, 0) is 17.7 Å². The molecule has 31 heavy (non-hydrogen) atoms. The van der Waals surface area contributed by atoms with E-state index >= 15 is 0 Å². The number of piperazine rings is 1. The molecule has 3 rings (SSSR count). The van der Waals surface area contributed by atoms with E-state index < -0.39 is 0 Å². The molecule has 1 saturated heterocycles. The molecule has 1 fully saturated rings. The van der Waals surface area contributed by atoms with Crippen LogP contribution < -0.4 is 20.4 Å². The van der Waals surface area contributed by atoms with Gasteiger partial charge < -0.3 is 29.9 Å². The van der Waals surface area contributed by atoms with Gasteiger partial charge in [-0.15, -0.1) is 0 Å². The molecule has 0 unspecified atom stereocenters. The summed E-state index contributed by atoms with van der Waals surface area (Å²) < 4.78 is 10.6. The maximum atomic E-state index is 6.34. The Morgan fingerprint density at radius 2 is 1.77 bits per heavy atom. The van der Waals surface area contributed by atoms with Crippen molar-refractivity contribution in [2.45, 2.75) is 6.54 Å². The standard InChI is InChI=1S/C21H30Cl2N6O2/c1-30-11-9-28(10-12-31-2)20-14-19(25-15-16-3-4-17(22)13-18(16)23)26-21(27-20)29-7-5-24-6-8-29/h3-4,13-14,24H,5-12,15H2,1-2H3,(H,25,26,27). The van der Waals surface area contributed by atoms with Crippen LogP contribution in [0.1, 0.15) is 5.56 Å². The topological polar surface area (TPSA) is 74.8 Å². The van der Waals surface area contributed by atoms with Gasteiger partial charge in [-0.3, -0.25) is 0 Å². The monoisotopic (exact) mass is 468 g/mol. The highest BCUT2D eigenvalue weighted by molar-refractivity contribution is 6.35. The first-order valence-corrected chi connectivity index (χ1v) is 11.1. The summed E-state index contributed by atoms with van der Waals surface area (Å²) in [6.07, 6.45) is 0. The van der Waals surface area contributed by atoms with Crippen LogP contribution in [0.25, 0.3) is 0 Å². The first-order chi connectivity index (χ1) is 15.1. The van der Waals surface area contributed by atoms with Crippen molar-refractivity contribution < 1.29 is 9.47 Å². The van der Waals surface area contributed by atoms with Crippen LogP contribution in [0.3, 0.4) is 0 Å². The summed E-state index contributed by atoms with van der Waals surface area (Å²) in [5.74, 6) is 2.29. The molecule has 8 nitrogen and oxygen atoms in total. The molecule has 0 atom stereocenters. The van der Waals surface area contributed by atoms with Crippen LogP contribution in [0, 0.1) is 0 Å². The Hall–Kier alpha value is -1.84. The highest BCUT2D eigenvalue weighted by Crippen LogP contribution is 2.24. The number of methoxy groups -OCH3 is 2. The van der Waals surface area contributed by atoms with Crippen LogP contribution in [0.15, 0.2) is 24.3 Å². The fraction of sp³-hybridized carbons (Fsp3) is 0.524. The van der Waals surface area contributed by atoms with E-state index in [2.05, 4.69) is 20.4 Å². The Morgan fingerprint density at radius 1 is 1.06 bits per heavy atom. The van der Waals surface area contributed by atoms with Crippen molar-refractivity contribution in [3.05, 3.63) is 39.9 Å². The van der Waals surface area contributed by atoms with Crippen LogP contribution in [0.2, 0.25) is 10.0 Å². The second-order valence-corrected chi connectivity index (χ2v) is 8.05. The fourth-order valence-electron chi connectivity index (χ4n) is 3.28. The molecule has 0 aliphatic carbocycles. The third-order valence-electron chi connectivity index (χ3n) is 5.03. The first-order valence-electron chi connectivity index (χ1n) is 10.4. The average Bonchev–Trinajstić information content (AvgIpc) is 2.79. The molecule has 2 heterocycles. The van der Waals surface area contributed by atoms with Crippen molar-refractivity contribution in [1.29, 1.82) is 0 Å². The molecule has 1 aliphatic heterocycles. The van der Waals surface area contributed by atoms with Crippen molar-refractivity contribution in [1.82, 2.24) is 15.3 Å². The second-order valence-electron chi connectivity index (χ2n) is 7.21. The van der Waals surface area contributed by atoms with Gasteiger partial charge in [-0.25, -0.2) is 0 Å². The quantitative estimate of drug-likeness (QED) is 0.521. The maximum absolute atomic E-state index is 6.34. The van der Waals surface area contributed by atoms with Crippen LogP contribution in [0.4, 0.5) is 17.6 Å². The van der Waals surface area contributed by atoms with E-state index in [9.17, 15) is 0 Å². The Morgan fingerprint density at radius 3 is 2.42 bits per heavy atom. The predicted molar refractivity (Wildman–Crippen MR) is 127 cm³/mol. The van der Waals surface area contributed by atoms with E-state index in [0.717, 1.165) is 43.4 Å². The Labute approximate surface area is 193 Å². The molecule has 10 heteroatoms. The van der Waals surface area contributed by atoms with E-state index in [1.807, 2.05) is 18.2 Å². The Bertz CT molecular complexity index is 828. The normalized spacial score (nSPS) is 14.0. The number of anilines is 3. The van der Waals surface area contributed by atoms with Crippen LogP contribution in [-0.2, 0) is 16.0 Å². The summed E-state index contributed by atoms with van der Waals surface area (Å²) in [6.45, 7) is 6.69. The van der Waals surface area contributed by atoms with Crippen molar-refractivity contribution in [3.63, 3.8) is 0 Å². The van der Waals surface area contributed by atoms with Crippen LogP contribution in [0.5, 0.6) is 0 Å². The summed E-state index contributed by atoms with van der Waals surface area (Å²) in [5, 5.41) is 8.01. The van der Waals surface area contributed by atoms with E-state index in [1.54, 1.807) is 20.3 Å². The minimum Gasteiger partial charge on any atom is -0.383 e. The molecule has 0 saturated carbocycles. The summed E-state index contributed by atoms with van der Waals surface area (Å²) in [4.78, 5) is 14.0. The molecule has 170 valence electrons. The number of hydrogen-bond acceptors (Lipinski definition) is 8. The zero-order chi connectivity index (χ0) is 22.1. The number of ether oxygens (including phenoxy) is 2. The molecule has 0 bridgehead atoms. The van der Waals surface area contributed by atoms with Crippen LogP contribution >= 0.6 is 23.2 Å². The van der Waals surface area contributed by atoms with Crippen molar-refractivity contribution in [2.75, 3.05) is 81.8 Å². The second kappa shape index (κ2) is 12.3. The zero-order valence-corrected chi connectivity index (χ0v) is 19.5. The number of aromatic nitrogens is 2. The number of hydrogen-bond donors (Lipinski definition) is 2. The van der Waals surface area contributed by atoms with Crippen molar-refractivity contribution in [2.24, 2.45) is 0 Å². The molecule has 2 N–H and O–H groups in total. The van der Waals surface area contributed by atoms with E-state index in [-0.39, 0.29) is 0 Å². The minimum absolute atomic E-state index is 0.531. The first kappa shape index (κ1) is 23.8. The lowest BCUT2D eigenvalue weighted by Crippen LogP contribution is -2.44. The Kier molecular flexibility index (Phi) is 9.42. The molecular weight excluding hydrogens is 439 g/mol. The number of rotatable bonds is 11. The number of halogens is 2. The van der Waals surface area contributed by atoms with E-state index in [4.69, 9.17) is 42.6 Å². The average molecular weight is 469 g/mol. The summed E-state index contributed by atoms with van der Waals surface area (Å²) in [5.41, 5.74) is 0.950. The third kappa shape index (κ3) is 7.08. The molecular formula is C21H30Cl2N6O2.